The zero-order chi connectivity index (χ0) is 20.1. The fraction of sp³-hybridized carbons (Fsp3) is 0.158. The third kappa shape index (κ3) is 3.72. The molecule has 28 heavy (non-hydrogen) atoms. The van der Waals surface area contributed by atoms with Gasteiger partial charge in [0.15, 0.2) is 5.69 Å². The van der Waals surface area contributed by atoms with Crippen molar-refractivity contribution >= 4 is 28.3 Å². The summed E-state index contributed by atoms with van der Waals surface area (Å²) in [6.07, 6.45) is 2.88. The zero-order valence-corrected chi connectivity index (χ0v) is 15.7. The minimum atomic E-state index is -0.648. The van der Waals surface area contributed by atoms with Gasteiger partial charge in [0, 0.05) is 11.3 Å². The summed E-state index contributed by atoms with van der Waals surface area (Å²) in [7, 11) is 0. The number of carbonyl (C=O) groups excluding carboxylic acids is 2. The molecule has 2 N–H and O–H groups in total. The van der Waals surface area contributed by atoms with Crippen LogP contribution in [0.25, 0.3) is 5.69 Å². The molecule has 0 aliphatic carbocycles. The van der Waals surface area contributed by atoms with E-state index in [2.05, 4.69) is 4.98 Å². The number of aromatic nitrogens is 2. The van der Waals surface area contributed by atoms with Crippen molar-refractivity contribution in [2.24, 2.45) is 0 Å². The number of nitrogen functional groups attached to an aromatic ring is 1. The monoisotopic (exact) mass is 396 g/mol. The van der Waals surface area contributed by atoms with Gasteiger partial charge in [0.1, 0.15) is 22.6 Å². The van der Waals surface area contributed by atoms with Crippen molar-refractivity contribution in [3.63, 3.8) is 0 Å². The van der Waals surface area contributed by atoms with Crippen molar-refractivity contribution < 1.29 is 19.1 Å². The molecule has 0 saturated carbocycles. The largest absolute Gasteiger partial charge is 0.462 e. The fourth-order valence-corrected chi connectivity index (χ4v) is 3.48. The molecule has 0 amide bonds. The fourth-order valence-electron chi connectivity index (χ4n) is 2.56. The van der Waals surface area contributed by atoms with Crippen LogP contribution in [0.2, 0.25) is 0 Å². The van der Waals surface area contributed by atoms with Crippen molar-refractivity contribution in [2.75, 3.05) is 12.3 Å². The van der Waals surface area contributed by atoms with Crippen LogP contribution in [0.15, 0.2) is 42.9 Å². The first-order valence-corrected chi connectivity index (χ1v) is 9.11. The first-order chi connectivity index (χ1) is 13.6. The normalized spacial score (nSPS) is 10.3. The van der Waals surface area contributed by atoms with E-state index in [0.29, 0.717) is 0 Å². The maximum atomic E-state index is 12.6. The second-order valence-electron chi connectivity index (χ2n) is 5.54. The van der Waals surface area contributed by atoms with Crippen LogP contribution in [0, 0.1) is 11.3 Å². The number of ether oxygens (including phenoxy) is 2. The highest BCUT2D eigenvalue weighted by Gasteiger charge is 2.24. The third-order valence-electron chi connectivity index (χ3n) is 3.84. The van der Waals surface area contributed by atoms with Gasteiger partial charge in [-0.3, -0.25) is 4.57 Å². The van der Waals surface area contributed by atoms with E-state index >= 15 is 0 Å². The zero-order valence-electron chi connectivity index (χ0n) is 14.9. The number of hydrogen-bond donors (Lipinski definition) is 1. The first kappa shape index (κ1) is 19.1. The number of nitrogens with zero attached hydrogens (tertiary/aromatic N) is 3. The summed E-state index contributed by atoms with van der Waals surface area (Å²) in [6.45, 7) is 1.56. The maximum Gasteiger partial charge on any atom is 0.357 e. The highest BCUT2D eigenvalue weighted by atomic mass is 32.1. The number of thiophene rings is 1. The van der Waals surface area contributed by atoms with Gasteiger partial charge in [-0.25, -0.2) is 14.6 Å². The van der Waals surface area contributed by atoms with Gasteiger partial charge in [0.25, 0.3) is 0 Å². The van der Waals surface area contributed by atoms with Crippen LogP contribution >= 0.6 is 11.3 Å². The van der Waals surface area contributed by atoms with Crippen molar-refractivity contribution in [2.45, 2.75) is 13.5 Å². The Kier molecular flexibility index (Phi) is 5.72. The van der Waals surface area contributed by atoms with E-state index in [4.69, 9.17) is 15.2 Å². The molecular formula is C19H16N4O4S. The van der Waals surface area contributed by atoms with Crippen molar-refractivity contribution in [3.05, 3.63) is 64.6 Å². The average molecular weight is 396 g/mol. The number of benzene rings is 1. The highest BCUT2D eigenvalue weighted by Crippen LogP contribution is 2.32. The molecule has 0 saturated heterocycles. The smallest absolute Gasteiger partial charge is 0.357 e. The van der Waals surface area contributed by atoms with E-state index in [1.165, 1.54) is 12.5 Å². The second-order valence-corrected chi connectivity index (χ2v) is 6.59. The van der Waals surface area contributed by atoms with E-state index in [0.717, 1.165) is 17.0 Å². The Morgan fingerprint density at radius 3 is 2.68 bits per heavy atom. The Bertz CT molecular complexity index is 1050. The molecule has 2 heterocycles. The number of rotatable bonds is 6. The number of hydrogen-bond acceptors (Lipinski definition) is 8. The molecule has 0 atom stereocenters. The standard InChI is InChI=1S/C19H16N4O4S/c1-2-26-19(25)16-14(13(8-20)17(21)28-16)10-27-18(24)15-9-22-11-23(15)12-6-4-3-5-7-12/h3-7,9,11H,2,10,21H2,1H3. The minimum Gasteiger partial charge on any atom is -0.462 e. The number of para-hydroxylation sites is 1. The summed E-state index contributed by atoms with van der Waals surface area (Å²) < 4.78 is 11.9. The Morgan fingerprint density at radius 1 is 1.25 bits per heavy atom. The molecule has 2 aromatic heterocycles. The molecule has 1 aromatic carbocycles. The summed E-state index contributed by atoms with van der Waals surface area (Å²) in [5.74, 6) is -1.26. The quantitative estimate of drug-likeness (QED) is 0.636. The number of anilines is 1. The molecule has 8 nitrogen and oxygen atoms in total. The lowest BCUT2D eigenvalue weighted by molar-refractivity contribution is 0.0445. The van der Waals surface area contributed by atoms with Crippen molar-refractivity contribution in [1.29, 1.82) is 5.26 Å². The van der Waals surface area contributed by atoms with Crippen LogP contribution < -0.4 is 5.73 Å². The van der Waals surface area contributed by atoms with Crippen LogP contribution in [-0.2, 0) is 16.1 Å². The van der Waals surface area contributed by atoms with E-state index < -0.39 is 11.9 Å². The highest BCUT2D eigenvalue weighted by molar-refractivity contribution is 7.18. The van der Waals surface area contributed by atoms with Gasteiger partial charge in [-0.1, -0.05) is 18.2 Å². The lowest BCUT2D eigenvalue weighted by atomic mass is 10.1. The average Bonchev–Trinajstić information content (AvgIpc) is 3.31. The lowest BCUT2D eigenvalue weighted by Gasteiger charge is -2.09. The van der Waals surface area contributed by atoms with Gasteiger partial charge in [-0.15, -0.1) is 11.3 Å². The molecule has 3 rings (SSSR count). The topological polar surface area (TPSA) is 120 Å². The lowest BCUT2D eigenvalue weighted by Crippen LogP contribution is -2.13. The Hall–Kier alpha value is -3.64. The maximum absolute atomic E-state index is 12.6. The summed E-state index contributed by atoms with van der Waals surface area (Å²) >= 11 is 0.935. The van der Waals surface area contributed by atoms with Gasteiger partial charge in [0.2, 0.25) is 0 Å². The minimum absolute atomic E-state index is 0.109. The molecule has 0 aliphatic rings. The molecule has 0 fully saturated rings. The van der Waals surface area contributed by atoms with Gasteiger partial charge in [-0.05, 0) is 19.1 Å². The number of nitrogens with two attached hydrogens (primary N) is 1. The van der Waals surface area contributed by atoms with Crippen LogP contribution in [-0.4, -0.2) is 28.1 Å². The molecular weight excluding hydrogens is 380 g/mol. The number of nitriles is 1. The van der Waals surface area contributed by atoms with Gasteiger partial charge < -0.3 is 15.2 Å². The number of esters is 2. The Balaban J connectivity index is 1.84. The summed E-state index contributed by atoms with van der Waals surface area (Å²) in [5, 5.41) is 9.51. The predicted molar refractivity (Wildman–Crippen MR) is 102 cm³/mol. The van der Waals surface area contributed by atoms with Crippen molar-refractivity contribution in [3.8, 4) is 11.8 Å². The Labute approximate surface area is 164 Å². The van der Waals surface area contributed by atoms with Crippen LogP contribution in [0.1, 0.15) is 38.2 Å². The molecule has 3 aromatic rings. The van der Waals surface area contributed by atoms with Gasteiger partial charge in [-0.2, -0.15) is 5.26 Å². The van der Waals surface area contributed by atoms with Crippen LogP contribution in [0.4, 0.5) is 5.00 Å². The third-order valence-corrected chi connectivity index (χ3v) is 4.88. The van der Waals surface area contributed by atoms with Gasteiger partial charge in [0.05, 0.1) is 24.7 Å². The molecule has 0 bridgehead atoms. The molecule has 0 unspecified atom stereocenters. The predicted octanol–water partition coefficient (Wildman–Crippen LogP) is 2.92. The molecule has 9 heteroatoms. The second kappa shape index (κ2) is 8.37. The molecule has 0 aliphatic heterocycles. The SMILES string of the molecule is CCOC(=O)c1sc(N)c(C#N)c1COC(=O)c1cncn1-c1ccccc1. The first-order valence-electron chi connectivity index (χ1n) is 8.30. The number of imidazole rings is 1. The molecule has 142 valence electrons. The molecule has 0 spiro atoms. The van der Waals surface area contributed by atoms with E-state index in [1.807, 2.05) is 36.4 Å². The van der Waals surface area contributed by atoms with Crippen molar-refractivity contribution in [1.82, 2.24) is 9.55 Å². The van der Waals surface area contributed by atoms with E-state index in [1.54, 1.807) is 11.5 Å². The molecule has 0 radical (unpaired) electrons. The van der Waals surface area contributed by atoms with Crippen LogP contribution in [0.3, 0.4) is 0 Å². The van der Waals surface area contributed by atoms with Crippen LogP contribution in [0.5, 0.6) is 0 Å². The Morgan fingerprint density at radius 2 is 2.00 bits per heavy atom. The number of carbonyl (C=O) groups is 2. The van der Waals surface area contributed by atoms with E-state index in [-0.39, 0.29) is 39.9 Å². The summed E-state index contributed by atoms with van der Waals surface area (Å²) in [5.41, 5.74) is 7.13. The summed E-state index contributed by atoms with van der Waals surface area (Å²) in [6, 6.07) is 11.1. The summed E-state index contributed by atoms with van der Waals surface area (Å²) in [4.78, 5) is 28.9. The van der Waals surface area contributed by atoms with E-state index in [9.17, 15) is 14.9 Å². The van der Waals surface area contributed by atoms with Gasteiger partial charge >= 0.3 is 11.9 Å².